The predicted octanol–water partition coefficient (Wildman–Crippen LogP) is 2.35. The maximum atomic E-state index is 9.49. The largest absolute Gasteiger partial charge is 0.508 e. The molecule has 1 heterocycles. The van der Waals surface area contributed by atoms with Gasteiger partial charge in [-0.15, -0.1) is 0 Å². The Morgan fingerprint density at radius 2 is 2.00 bits per heavy atom. The van der Waals surface area contributed by atoms with Crippen LogP contribution in [0.5, 0.6) is 17.4 Å². The monoisotopic (exact) mass is 245 g/mol. The first-order valence-electron chi connectivity index (χ1n) is 5.53. The number of phenolic OH excluding ortho intramolecular Hbond substituents is 1. The second-order valence-corrected chi connectivity index (χ2v) is 4.20. The van der Waals surface area contributed by atoms with Crippen LogP contribution in [0.15, 0.2) is 30.5 Å². The van der Waals surface area contributed by atoms with E-state index in [4.69, 9.17) is 4.74 Å². The standard InChI is InChI=1S/C13H15N3O2/c1-9-6-10(17)8-11(7-9)18-12-4-5-14-13(15-12)16(2)3/h4-8,17H,1-3H3. The molecule has 0 bridgehead atoms. The molecule has 94 valence electrons. The van der Waals surface area contributed by atoms with Crippen molar-refractivity contribution in [3.8, 4) is 17.4 Å². The fraction of sp³-hybridized carbons (Fsp3) is 0.231. The molecule has 5 heteroatoms. The summed E-state index contributed by atoms with van der Waals surface area (Å²) in [5.74, 6) is 1.74. The highest BCUT2D eigenvalue weighted by Gasteiger charge is 2.04. The van der Waals surface area contributed by atoms with Crippen molar-refractivity contribution in [1.82, 2.24) is 9.97 Å². The van der Waals surface area contributed by atoms with E-state index in [2.05, 4.69) is 9.97 Å². The van der Waals surface area contributed by atoms with Crippen LogP contribution in [0.25, 0.3) is 0 Å². The van der Waals surface area contributed by atoms with Gasteiger partial charge >= 0.3 is 0 Å². The summed E-state index contributed by atoms with van der Waals surface area (Å²) < 4.78 is 5.59. The number of aryl methyl sites for hydroxylation is 1. The maximum absolute atomic E-state index is 9.49. The smallest absolute Gasteiger partial charge is 0.228 e. The Labute approximate surface area is 106 Å². The van der Waals surface area contributed by atoms with Crippen molar-refractivity contribution < 1.29 is 9.84 Å². The van der Waals surface area contributed by atoms with E-state index in [-0.39, 0.29) is 5.75 Å². The van der Waals surface area contributed by atoms with Gasteiger partial charge in [0.05, 0.1) is 0 Å². The summed E-state index contributed by atoms with van der Waals surface area (Å²) >= 11 is 0. The molecule has 18 heavy (non-hydrogen) atoms. The minimum absolute atomic E-state index is 0.173. The molecule has 0 aliphatic carbocycles. The third-order valence-corrected chi connectivity index (χ3v) is 2.28. The molecule has 0 aliphatic rings. The minimum atomic E-state index is 0.173. The van der Waals surface area contributed by atoms with E-state index in [0.29, 0.717) is 17.6 Å². The van der Waals surface area contributed by atoms with Crippen LogP contribution < -0.4 is 9.64 Å². The molecule has 5 nitrogen and oxygen atoms in total. The molecule has 1 aromatic carbocycles. The van der Waals surface area contributed by atoms with Gasteiger partial charge in [0.2, 0.25) is 11.8 Å². The van der Waals surface area contributed by atoms with Crippen LogP contribution in [0.4, 0.5) is 5.95 Å². The van der Waals surface area contributed by atoms with Crippen molar-refractivity contribution in [2.45, 2.75) is 6.92 Å². The third kappa shape index (κ3) is 2.88. The number of phenols is 1. The molecule has 1 aromatic heterocycles. The zero-order valence-electron chi connectivity index (χ0n) is 10.6. The third-order valence-electron chi connectivity index (χ3n) is 2.28. The van der Waals surface area contributed by atoms with Crippen LogP contribution in [0.2, 0.25) is 0 Å². The molecular weight excluding hydrogens is 230 g/mol. The van der Waals surface area contributed by atoms with Gasteiger partial charge in [-0.05, 0) is 24.6 Å². The van der Waals surface area contributed by atoms with Gasteiger partial charge in [-0.25, -0.2) is 4.98 Å². The number of anilines is 1. The first-order chi connectivity index (χ1) is 8.54. The zero-order chi connectivity index (χ0) is 13.1. The zero-order valence-corrected chi connectivity index (χ0v) is 10.6. The van der Waals surface area contributed by atoms with Crippen molar-refractivity contribution in [3.63, 3.8) is 0 Å². The number of aromatic nitrogens is 2. The molecular formula is C13H15N3O2. The molecule has 0 amide bonds. The fourth-order valence-electron chi connectivity index (χ4n) is 1.51. The van der Waals surface area contributed by atoms with Gasteiger partial charge in [0, 0.05) is 32.4 Å². The van der Waals surface area contributed by atoms with Gasteiger partial charge < -0.3 is 14.7 Å². The molecule has 0 unspecified atom stereocenters. The molecule has 0 spiro atoms. The summed E-state index contributed by atoms with van der Waals surface area (Å²) in [4.78, 5) is 10.1. The number of hydrogen-bond acceptors (Lipinski definition) is 5. The van der Waals surface area contributed by atoms with Crippen LogP contribution in [0.1, 0.15) is 5.56 Å². The highest BCUT2D eigenvalue weighted by Crippen LogP contribution is 2.25. The van der Waals surface area contributed by atoms with Crippen molar-refractivity contribution in [3.05, 3.63) is 36.0 Å². The minimum Gasteiger partial charge on any atom is -0.508 e. The normalized spacial score (nSPS) is 10.2. The van der Waals surface area contributed by atoms with E-state index in [1.807, 2.05) is 27.1 Å². The molecule has 1 N–H and O–H groups in total. The van der Waals surface area contributed by atoms with E-state index < -0.39 is 0 Å². The Morgan fingerprint density at radius 3 is 2.67 bits per heavy atom. The van der Waals surface area contributed by atoms with Gasteiger partial charge in [-0.2, -0.15) is 4.98 Å². The van der Waals surface area contributed by atoms with Crippen molar-refractivity contribution in [2.24, 2.45) is 0 Å². The first-order valence-corrected chi connectivity index (χ1v) is 5.53. The van der Waals surface area contributed by atoms with E-state index in [1.54, 1.807) is 29.3 Å². The quantitative estimate of drug-likeness (QED) is 0.899. The number of hydrogen-bond donors (Lipinski definition) is 1. The van der Waals surface area contributed by atoms with Crippen LogP contribution in [-0.4, -0.2) is 29.2 Å². The SMILES string of the molecule is Cc1cc(O)cc(Oc2ccnc(N(C)C)n2)c1. The summed E-state index contributed by atoms with van der Waals surface area (Å²) in [5.41, 5.74) is 0.923. The number of ether oxygens (including phenoxy) is 1. The highest BCUT2D eigenvalue weighted by atomic mass is 16.5. The van der Waals surface area contributed by atoms with E-state index in [1.165, 1.54) is 0 Å². The van der Waals surface area contributed by atoms with Crippen LogP contribution in [-0.2, 0) is 0 Å². The van der Waals surface area contributed by atoms with Crippen molar-refractivity contribution in [2.75, 3.05) is 19.0 Å². The van der Waals surface area contributed by atoms with Gasteiger partial charge in [0.1, 0.15) is 11.5 Å². The summed E-state index contributed by atoms with van der Waals surface area (Å²) in [6.07, 6.45) is 1.63. The predicted molar refractivity (Wildman–Crippen MR) is 69.3 cm³/mol. The Hall–Kier alpha value is -2.30. The van der Waals surface area contributed by atoms with E-state index >= 15 is 0 Å². The lowest BCUT2D eigenvalue weighted by atomic mass is 10.2. The fourth-order valence-corrected chi connectivity index (χ4v) is 1.51. The van der Waals surface area contributed by atoms with E-state index in [0.717, 1.165) is 5.56 Å². The molecule has 2 rings (SSSR count). The van der Waals surface area contributed by atoms with Crippen LogP contribution in [0, 0.1) is 6.92 Å². The second kappa shape index (κ2) is 4.91. The number of aromatic hydroxyl groups is 1. The summed E-state index contributed by atoms with van der Waals surface area (Å²) in [7, 11) is 3.72. The summed E-state index contributed by atoms with van der Waals surface area (Å²) in [6.45, 7) is 1.89. The summed E-state index contributed by atoms with van der Waals surface area (Å²) in [6, 6.07) is 6.71. The van der Waals surface area contributed by atoms with E-state index in [9.17, 15) is 5.11 Å². The van der Waals surface area contributed by atoms with Crippen molar-refractivity contribution in [1.29, 1.82) is 0 Å². The number of benzene rings is 1. The van der Waals surface area contributed by atoms with Crippen LogP contribution in [0.3, 0.4) is 0 Å². The lowest BCUT2D eigenvalue weighted by Crippen LogP contribution is -2.12. The van der Waals surface area contributed by atoms with Crippen LogP contribution >= 0.6 is 0 Å². The second-order valence-electron chi connectivity index (χ2n) is 4.20. The van der Waals surface area contributed by atoms with Gasteiger partial charge in [0.25, 0.3) is 0 Å². The Bertz CT molecular complexity index is 535. The number of rotatable bonds is 3. The van der Waals surface area contributed by atoms with Gasteiger partial charge in [-0.1, -0.05) is 0 Å². The van der Waals surface area contributed by atoms with Crippen molar-refractivity contribution >= 4 is 5.95 Å². The topological polar surface area (TPSA) is 58.5 Å². The molecule has 0 radical (unpaired) electrons. The Morgan fingerprint density at radius 1 is 1.22 bits per heavy atom. The Balaban J connectivity index is 2.25. The number of nitrogens with zero attached hydrogens (tertiary/aromatic N) is 3. The van der Waals surface area contributed by atoms with Gasteiger partial charge in [0.15, 0.2) is 0 Å². The molecule has 2 aromatic rings. The molecule has 0 saturated carbocycles. The van der Waals surface area contributed by atoms with Gasteiger partial charge in [-0.3, -0.25) is 0 Å². The molecule has 0 saturated heterocycles. The Kier molecular flexibility index (Phi) is 3.32. The average Bonchev–Trinajstić information content (AvgIpc) is 2.27. The lowest BCUT2D eigenvalue weighted by Gasteiger charge is -2.11. The first kappa shape index (κ1) is 12.2. The molecule has 0 aliphatic heterocycles. The molecule has 0 atom stereocenters. The summed E-state index contributed by atoms with van der Waals surface area (Å²) in [5, 5.41) is 9.49. The lowest BCUT2D eigenvalue weighted by molar-refractivity contribution is 0.444. The maximum Gasteiger partial charge on any atom is 0.228 e. The molecule has 0 fully saturated rings. The average molecular weight is 245 g/mol. The highest BCUT2D eigenvalue weighted by molar-refractivity contribution is 5.39.